The Bertz CT molecular complexity index is 1040. The molecule has 1 unspecified atom stereocenters. The lowest BCUT2D eigenvalue weighted by Gasteiger charge is -2.15. The molecule has 0 aromatic rings. The SMILES string of the molecule is CC/C=C\C/C=C\C/C=C\C/C=C\C/C=C\C/C=C\C/C=C\CCCCCCOCC(CO)OC(=O)CCCCCCC/C=C\C/C=C\CCCCC. The van der Waals surface area contributed by atoms with Crippen molar-refractivity contribution in [3.8, 4) is 0 Å². The van der Waals surface area contributed by atoms with Gasteiger partial charge in [-0.3, -0.25) is 4.79 Å². The molecule has 0 aromatic heterocycles. The molecule has 0 aliphatic heterocycles. The number of allylic oxidation sites excluding steroid dienone is 18. The minimum atomic E-state index is -0.563. The highest BCUT2D eigenvalue weighted by molar-refractivity contribution is 5.69. The average Bonchev–Trinajstić information content (AvgIpc) is 3.16. The second-order valence-electron chi connectivity index (χ2n) is 13.7. The van der Waals surface area contributed by atoms with E-state index in [1.807, 2.05) is 0 Å². The van der Waals surface area contributed by atoms with Crippen LogP contribution in [0.3, 0.4) is 0 Å². The maximum atomic E-state index is 12.2. The molecule has 0 aliphatic rings. The van der Waals surface area contributed by atoms with Gasteiger partial charge in [-0.15, -0.1) is 0 Å². The standard InChI is InChI=1S/C49H80O4/c1-3-5-7-9-11-13-15-17-19-20-21-22-23-24-25-26-27-28-29-31-33-35-37-39-41-43-45-52-47-48(46-50)53-49(51)44-42-40-38-36-34-32-30-18-16-14-12-10-8-6-4-2/h5,7,11-14,17-19,21-22,24-25,27-28,30-31,33,48,50H,3-4,6,8-10,15-16,20,23,26,29,32,34-47H2,1-2H3/b7-5-,13-11-,14-12-,19-17-,22-21-,25-24-,28-27-,30-18-,33-31-. The second-order valence-corrected chi connectivity index (χ2v) is 13.7. The quantitative estimate of drug-likeness (QED) is 0.0390. The van der Waals surface area contributed by atoms with Crippen molar-refractivity contribution in [3.63, 3.8) is 0 Å². The Morgan fingerprint density at radius 3 is 1.28 bits per heavy atom. The number of aliphatic hydroxyl groups excluding tert-OH is 1. The fraction of sp³-hybridized carbons (Fsp3) is 0.612. The molecule has 0 aliphatic carbocycles. The molecule has 4 heteroatoms. The van der Waals surface area contributed by atoms with Gasteiger partial charge >= 0.3 is 5.97 Å². The number of hydrogen-bond donors (Lipinski definition) is 1. The van der Waals surface area contributed by atoms with Gasteiger partial charge in [-0.2, -0.15) is 0 Å². The summed E-state index contributed by atoms with van der Waals surface area (Å²) in [6.45, 7) is 5.11. The first-order chi connectivity index (χ1) is 26.2. The molecule has 0 heterocycles. The van der Waals surface area contributed by atoms with Crippen molar-refractivity contribution in [2.24, 2.45) is 0 Å². The minimum Gasteiger partial charge on any atom is -0.457 e. The van der Waals surface area contributed by atoms with Crippen molar-refractivity contribution in [1.82, 2.24) is 0 Å². The number of hydrogen-bond acceptors (Lipinski definition) is 4. The average molecular weight is 733 g/mol. The lowest BCUT2D eigenvalue weighted by Crippen LogP contribution is -2.27. The van der Waals surface area contributed by atoms with Crippen LogP contribution in [-0.2, 0) is 14.3 Å². The van der Waals surface area contributed by atoms with Crippen molar-refractivity contribution >= 4 is 5.97 Å². The van der Waals surface area contributed by atoms with Gasteiger partial charge in [-0.1, -0.05) is 168 Å². The molecule has 4 nitrogen and oxygen atoms in total. The van der Waals surface area contributed by atoms with Crippen molar-refractivity contribution in [2.45, 2.75) is 174 Å². The van der Waals surface area contributed by atoms with E-state index in [9.17, 15) is 9.90 Å². The van der Waals surface area contributed by atoms with Gasteiger partial charge in [0.15, 0.2) is 0 Å². The van der Waals surface area contributed by atoms with Gasteiger partial charge in [0.2, 0.25) is 0 Å². The predicted molar refractivity (Wildman–Crippen MR) is 232 cm³/mol. The van der Waals surface area contributed by atoms with Crippen molar-refractivity contribution in [1.29, 1.82) is 0 Å². The first kappa shape index (κ1) is 50.1. The van der Waals surface area contributed by atoms with Crippen LogP contribution in [0.1, 0.15) is 168 Å². The number of ether oxygens (including phenoxy) is 2. The maximum absolute atomic E-state index is 12.2. The molecular formula is C49H80O4. The molecule has 0 aromatic carbocycles. The van der Waals surface area contributed by atoms with E-state index in [1.54, 1.807) is 0 Å². The van der Waals surface area contributed by atoms with Crippen LogP contribution in [0.15, 0.2) is 109 Å². The Kier molecular flexibility index (Phi) is 42.7. The third-order valence-corrected chi connectivity index (χ3v) is 8.58. The zero-order valence-corrected chi connectivity index (χ0v) is 34.2. The summed E-state index contributed by atoms with van der Waals surface area (Å²) in [7, 11) is 0. The molecule has 1 N–H and O–H groups in total. The zero-order valence-electron chi connectivity index (χ0n) is 34.2. The summed E-state index contributed by atoms with van der Waals surface area (Å²) in [5.41, 5.74) is 0. The van der Waals surface area contributed by atoms with Crippen LogP contribution in [-0.4, -0.2) is 37.0 Å². The molecule has 53 heavy (non-hydrogen) atoms. The van der Waals surface area contributed by atoms with E-state index < -0.39 is 6.10 Å². The van der Waals surface area contributed by atoms with Crippen LogP contribution in [0, 0.1) is 0 Å². The lowest BCUT2D eigenvalue weighted by atomic mass is 10.1. The van der Waals surface area contributed by atoms with Gasteiger partial charge in [-0.05, 0) is 103 Å². The molecule has 0 radical (unpaired) electrons. The maximum Gasteiger partial charge on any atom is 0.306 e. The fourth-order valence-corrected chi connectivity index (χ4v) is 5.39. The smallest absolute Gasteiger partial charge is 0.306 e. The van der Waals surface area contributed by atoms with E-state index >= 15 is 0 Å². The number of carbonyl (C=O) groups excluding carboxylic acids is 1. The van der Waals surface area contributed by atoms with Crippen molar-refractivity contribution < 1.29 is 19.4 Å². The van der Waals surface area contributed by atoms with E-state index in [1.165, 1.54) is 51.4 Å². The third kappa shape index (κ3) is 43.3. The molecule has 300 valence electrons. The Hall–Kier alpha value is -2.95. The molecule has 1 atom stereocenters. The summed E-state index contributed by atoms with van der Waals surface area (Å²) < 4.78 is 11.1. The van der Waals surface area contributed by atoms with E-state index in [0.29, 0.717) is 13.0 Å². The predicted octanol–water partition coefficient (Wildman–Crippen LogP) is 14.3. The summed E-state index contributed by atoms with van der Waals surface area (Å²) in [6, 6.07) is 0. The number of rotatable bonds is 38. The van der Waals surface area contributed by atoms with Crippen LogP contribution in [0.5, 0.6) is 0 Å². The molecule has 0 bridgehead atoms. The van der Waals surface area contributed by atoms with Crippen molar-refractivity contribution in [2.75, 3.05) is 19.8 Å². The van der Waals surface area contributed by atoms with Gasteiger partial charge in [0.1, 0.15) is 6.10 Å². The number of aliphatic hydroxyl groups is 1. The van der Waals surface area contributed by atoms with E-state index in [4.69, 9.17) is 9.47 Å². The summed E-state index contributed by atoms with van der Waals surface area (Å²) in [5.74, 6) is -0.229. The van der Waals surface area contributed by atoms with E-state index in [2.05, 4.69) is 123 Å². The number of unbranched alkanes of at least 4 members (excludes halogenated alkanes) is 12. The van der Waals surface area contributed by atoms with E-state index in [-0.39, 0.29) is 19.2 Å². The van der Waals surface area contributed by atoms with Gasteiger partial charge in [0, 0.05) is 13.0 Å². The van der Waals surface area contributed by atoms with Gasteiger partial charge in [0.25, 0.3) is 0 Å². The molecule has 0 rings (SSSR count). The Morgan fingerprint density at radius 1 is 0.472 bits per heavy atom. The fourth-order valence-electron chi connectivity index (χ4n) is 5.39. The molecular weight excluding hydrogens is 653 g/mol. The lowest BCUT2D eigenvalue weighted by molar-refractivity contribution is -0.154. The Balaban J connectivity index is 3.59. The van der Waals surface area contributed by atoms with Gasteiger partial charge in [0.05, 0.1) is 13.2 Å². The highest BCUT2D eigenvalue weighted by Gasteiger charge is 2.13. The van der Waals surface area contributed by atoms with Crippen LogP contribution in [0.2, 0.25) is 0 Å². The molecule has 0 saturated heterocycles. The number of carbonyl (C=O) groups is 1. The minimum absolute atomic E-state index is 0.196. The first-order valence-electron chi connectivity index (χ1n) is 21.5. The normalized spacial score (nSPS) is 13.5. The topological polar surface area (TPSA) is 55.8 Å². The van der Waals surface area contributed by atoms with Crippen LogP contribution in [0.25, 0.3) is 0 Å². The summed E-state index contributed by atoms with van der Waals surface area (Å²) >= 11 is 0. The number of esters is 1. The van der Waals surface area contributed by atoms with Crippen LogP contribution in [0.4, 0.5) is 0 Å². The third-order valence-electron chi connectivity index (χ3n) is 8.58. The second kappa shape index (κ2) is 45.2. The Morgan fingerprint density at radius 2 is 0.849 bits per heavy atom. The zero-order chi connectivity index (χ0) is 38.4. The van der Waals surface area contributed by atoms with Gasteiger partial charge < -0.3 is 14.6 Å². The van der Waals surface area contributed by atoms with Gasteiger partial charge in [-0.25, -0.2) is 0 Å². The first-order valence-corrected chi connectivity index (χ1v) is 21.5. The summed E-state index contributed by atoms with van der Waals surface area (Å²) in [5, 5.41) is 9.59. The van der Waals surface area contributed by atoms with Crippen LogP contribution < -0.4 is 0 Å². The highest BCUT2D eigenvalue weighted by atomic mass is 16.6. The largest absolute Gasteiger partial charge is 0.457 e. The molecule has 0 saturated carbocycles. The Labute approximate surface area is 327 Å². The molecule has 0 spiro atoms. The highest BCUT2D eigenvalue weighted by Crippen LogP contribution is 2.10. The van der Waals surface area contributed by atoms with Crippen molar-refractivity contribution in [3.05, 3.63) is 109 Å². The molecule has 0 amide bonds. The molecule has 0 fully saturated rings. The summed E-state index contributed by atoms with van der Waals surface area (Å²) in [6.07, 6.45) is 65.7. The monoisotopic (exact) mass is 733 g/mol. The van der Waals surface area contributed by atoms with E-state index in [0.717, 1.165) is 96.3 Å². The van der Waals surface area contributed by atoms with Crippen LogP contribution >= 0.6 is 0 Å². The summed E-state index contributed by atoms with van der Waals surface area (Å²) in [4.78, 5) is 12.2.